The molecule has 1 aliphatic heterocycles. The van der Waals surface area contributed by atoms with Gasteiger partial charge in [0.1, 0.15) is 17.1 Å². The lowest BCUT2D eigenvalue weighted by Crippen LogP contribution is -2.19. The molecule has 4 aromatic rings. The summed E-state index contributed by atoms with van der Waals surface area (Å²) in [6.45, 7) is 0. The standard InChI is InChI=1S/C31H20ClN5O7S2/c32-27-11-12-28(36-35-27)37-46(42,43)20-6-1-16(2-7-20)33-31(45)34-17-3-8-21(24(13-17)30(40)41)29-22-9-4-18(38)14-25(22)44-26-15-19(39)5-10-23(26)29/h1-15,38H,(H,36,37)(H,40,41)(H2,33,34,45). The van der Waals surface area contributed by atoms with E-state index in [-0.39, 0.29) is 49.1 Å². The van der Waals surface area contributed by atoms with Gasteiger partial charge in [0.05, 0.1) is 10.5 Å². The Hall–Kier alpha value is -5.57. The molecule has 0 unspecified atom stereocenters. The van der Waals surface area contributed by atoms with Crippen LogP contribution in [0.5, 0.6) is 5.75 Å². The smallest absolute Gasteiger partial charge is 0.336 e. The molecule has 6 rings (SSSR count). The summed E-state index contributed by atoms with van der Waals surface area (Å²) in [5.41, 5.74) is 2.11. The number of fused-ring (bicyclic) bond motifs is 2. The largest absolute Gasteiger partial charge is 0.508 e. The van der Waals surface area contributed by atoms with Gasteiger partial charge in [-0.2, -0.15) is 0 Å². The number of carboxylic acid groups (broad SMARTS) is 1. The third kappa shape index (κ3) is 6.30. The zero-order valence-electron chi connectivity index (χ0n) is 23.2. The minimum Gasteiger partial charge on any atom is -0.508 e. The molecule has 0 spiro atoms. The fraction of sp³-hybridized carbons (Fsp3) is 0. The van der Waals surface area contributed by atoms with Gasteiger partial charge < -0.3 is 25.3 Å². The molecule has 15 heteroatoms. The van der Waals surface area contributed by atoms with Crippen LogP contribution < -0.4 is 20.8 Å². The van der Waals surface area contributed by atoms with E-state index in [1.165, 1.54) is 66.7 Å². The Morgan fingerprint density at radius 2 is 1.57 bits per heavy atom. The number of sulfonamides is 1. The van der Waals surface area contributed by atoms with Gasteiger partial charge in [0.15, 0.2) is 21.5 Å². The van der Waals surface area contributed by atoms with Crippen LogP contribution in [0.15, 0.2) is 105 Å². The van der Waals surface area contributed by atoms with E-state index < -0.39 is 16.0 Å². The molecule has 1 aromatic heterocycles. The fourth-order valence-electron chi connectivity index (χ4n) is 4.74. The molecule has 3 aromatic carbocycles. The number of phenols is 1. The average molecular weight is 674 g/mol. The summed E-state index contributed by atoms with van der Waals surface area (Å²) in [5, 5.41) is 34.1. The van der Waals surface area contributed by atoms with Crippen molar-refractivity contribution < 1.29 is 27.8 Å². The second-order valence-corrected chi connectivity index (χ2v) is 12.3. The predicted molar refractivity (Wildman–Crippen MR) is 177 cm³/mol. The first kappa shape index (κ1) is 30.5. The summed E-state index contributed by atoms with van der Waals surface area (Å²) >= 11 is 11.1. The summed E-state index contributed by atoms with van der Waals surface area (Å²) in [5.74, 6) is -1.03. The Kier molecular flexibility index (Phi) is 8.00. The van der Waals surface area contributed by atoms with Crippen LogP contribution in [-0.2, 0) is 10.0 Å². The molecular formula is C31H20ClN5O7S2. The number of carboxylic acids is 1. The maximum absolute atomic E-state index is 12.7. The first-order valence-electron chi connectivity index (χ1n) is 13.2. The molecule has 1 aliphatic carbocycles. The van der Waals surface area contributed by atoms with E-state index in [9.17, 15) is 28.2 Å². The zero-order chi connectivity index (χ0) is 32.6. The third-order valence-electron chi connectivity index (χ3n) is 6.75. The van der Waals surface area contributed by atoms with E-state index in [1.54, 1.807) is 24.3 Å². The van der Waals surface area contributed by atoms with Crippen LogP contribution in [0.1, 0.15) is 10.4 Å². The molecule has 230 valence electrons. The average Bonchev–Trinajstić information content (AvgIpc) is 3.01. The number of hydrogen-bond acceptors (Lipinski definition) is 9. The quantitative estimate of drug-likeness (QED) is 0.0982. The molecule has 0 bridgehead atoms. The number of anilines is 3. The SMILES string of the molecule is O=C(O)c1cc(NC(=S)Nc2ccc(S(=O)(=O)Nc3ccc(Cl)nn3)cc2)ccc1-c1c2ccc(=O)cc-2oc2cc(O)ccc12. The van der Waals surface area contributed by atoms with Gasteiger partial charge in [0, 0.05) is 40.0 Å². The van der Waals surface area contributed by atoms with Crippen LogP contribution in [0, 0.1) is 0 Å². The summed E-state index contributed by atoms with van der Waals surface area (Å²) in [7, 11) is -3.95. The van der Waals surface area contributed by atoms with E-state index in [0.29, 0.717) is 33.5 Å². The number of phenolic OH excluding ortho intramolecular Hbond substituents is 1. The number of nitrogens with one attached hydrogen (secondary N) is 3. The van der Waals surface area contributed by atoms with Gasteiger partial charge >= 0.3 is 5.97 Å². The van der Waals surface area contributed by atoms with Crippen LogP contribution in [0.25, 0.3) is 33.4 Å². The molecule has 0 radical (unpaired) electrons. The molecular weight excluding hydrogens is 654 g/mol. The van der Waals surface area contributed by atoms with E-state index in [4.69, 9.17) is 28.2 Å². The van der Waals surface area contributed by atoms with Crippen molar-refractivity contribution in [2.75, 3.05) is 15.4 Å². The van der Waals surface area contributed by atoms with Crippen molar-refractivity contribution in [1.82, 2.24) is 10.2 Å². The third-order valence-corrected chi connectivity index (χ3v) is 8.52. The van der Waals surface area contributed by atoms with Gasteiger partial charge in [0.25, 0.3) is 10.0 Å². The maximum Gasteiger partial charge on any atom is 0.336 e. The molecule has 0 fully saturated rings. The van der Waals surface area contributed by atoms with Crippen LogP contribution in [0.4, 0.5) is 17.2 Å². The summed E-state index contributed by atoms with van der Waals surface area (Å²) in [6.07, 6.45) is 0. The minimum atomic E-state index is -3.95. The molecule has 0 amide bonds. The number of halogens is 1. The maximum atomic E-state index is 12.7. The fourth-order valence-corrected chi connectivity index (χ4v) is 6.08. The van der Waals surface area contributed by atoms with Crippen molar-refractivity contribution in [3.63, 3.8) is 0 Å². The monoisotopic (exact) mass is 673 g/mol. The van der Waals surface area contributed by atoms with E-state index in [1.807, 2.05) is 0 Å². The molecule has 0 saturated carbocycles. The van der Waals surface area contributed by atoms with Gasteiger partial charge in [-0.05, 0) is 90.6 Å². The second kappa shape index (κ2) is 12.1. The first-order valence-corrected chi connectivity index (χ1v) is 15.5. The van der Waals surface area contributed by atoms with Crippen molar-refractivity contribution in [3.8, 4) is 28.2 Å². The summed E-state index contributed by atoms with van der Waals surface area (Å²) in [6, 6.07) is 21.9. The van der Waals surface area contributed by atoms with Crippen LogP contribution in [-0.4, -0.2) is 39.9 Å². The Labute approximate surface area is 270 Å². The molecule has 2 heterocycles. The number of benzene rings is 4. The zero-order valence-corrected chi connectivity index (χ0v) is 25.6. The number of aromatic nitrogens is 2. The summed E-state index contributed by atoms with van der Waals surface area (Å²) < 4.78 is 33.6. The molecule has 0 saturated heterocycles. The van der Waals surface area contributed by atoms with Gasteiger partial charge in [-0.15, -0.1) is 10.2 Å². The van der Waals surface area contributed by atoms with Crippen LogP contribution in [0.3, 0.4) is 0 Å². The van der Waals surface area contributed by atoms with Gasteiger partial charge in [-0.25, -0.2) is 13.2 Å². The van der Waals surface area contributed by atoms with Gasteiger partial charge in [-0.3, -0.25) is 9.52 Å². The first-order chi connectivity index (χ1) is 22.0. The number of carbonyl (C=O) groups is 1. The normalized spacial score (nSPS) is 11.3. The Morgan fingerprint density at radius 3 is 2.28 bits per heavy atom. The highest BCUT2D eigenvalue weighted by Gasteiger charge is 2.22. The molecule has 0 atom stereocenters. The number of aromatic hydroxyl groups is 1. The highest BCUT2D eigenvalue weighted by Crippen LogP contribution is 2.42. The van der Waals surface area contributed by atoms with Gasteiger partial charge in [-0.1, -0.05) is 17.7 Å². The second-order valence-electron chi connectivity index (χ2n) is 9.83. The van der Waals surface area contributed by atoms with Crippen LogP contribution >= 0.6 is 23.8 Å². The number of nitrogens with zero attached hydrogens (tertiary/aromatic N) is 2. The van der Waals surface area contributed by atoms with Crippen molar-refractivity contribution in [2.45, 2.75) is 4.90 Å². The minimum absolute atomic E-state index is 0.00302. The molecule has 46 heavy (non-hydrogen) atoms. The lowest BCUT2D eigenvalue weighted by Gasteiger charge is -2.18. The highest BCUT2D eigenvalue weighted by atomic mass is 35.5. The van der Waals surface area contributed by atoms with Crippen molar-refractivity contribution >= 4 is 73.1 Å². The summed E-state index contributed by atoms with van der Waals surface area (Å²) in [4.78, 5) is 24.5. The number of aromatic carboxylic acids is 1. The Morgan fingerprint density at radius 1 is 0.848 bits per heavy atom. The van der Waals surface area contributed by atoms with Crippen molar-refractivity contribution in [1.29, 1.82) is 0 Å². The number of thiocarbonyl (C=S) groups is 1. The topological polar surface area (TPSA) is 184 Å². The Balaban J connectivity index is 1.25. The predicted octanol–water partition coefficient (Wildman–Crippen LogP) is 6.02. The lowest BCUT2D eigenvalue weighted by atomic mass is 9.90. The van der Waals surface area contributed by atoms with E-state index in [2.05, 4.69) is 25.6 Å². The van der Waals surface area contributed by atoms with E-state index in [0.717, 1.165) is 0 Å². The molecule has 12 nitrogen and oxygen atoms in total. The number of hydrogen-bond donors (Lipinski definition) is 5. The molecule has 5 N–H and O–H groups in total. The van der Waals surface area contributed by atoms with Crippen molar-refractivity contribution in [3.05, 3.63) is 112 Å². The molecule has 2 aliphatic rings. The Bertz CT molecular complexity index is 2290. The van der Waals surface area contributed by atoms with E-state index >= 15 is 0 Å². The van der Waals surface area contributed by atoms with Crippen molar-refractivity contribution in [2.24, 2.45) is 0 Å². The lowest BCUT2D eigenvalue weighted by molar-refractivity contribution is 0.0697. The number of rotatable bonds is 7. The van der Waals surface area contributed by atoms with Gasteiger partial charge in [0.2, 0.25) is 0 Å². The highest BCUT2D eigenvalue weighted by molar-refractivity contribution is 7.92. The van der Waals surface area contributed by atoms with Crippen LogP contribution in [0.2, 0.25) is 5.15 Å².